The quantitative estimate of drug-likeness (QED) is 0.674. The van der Waals surface area contributed by atoms with Crippen molar-refractivity contribution in [3.63, 3.8) is 0 Å². The van der Waals surface area contributed by atoms with Gasteiger partial charge in [-0.05, 0) is 59.2 Å². The molecular weight excluding hydrogens is 172 g/mol. The standard InChI is InChI=1S/C12H26N2/c1-11(13-2)6-5-9-14(3)10-12-7-4-8-12/h11-13H,4-10H2,1-3H3. The molecule has 0 aliphatic heterocycles. The van der Waals surface area contributed by atoms with E-state index in [1.54, 1.807) is 0 Å². The molecule has 0 bridgehead atoms. The van der Waals surface area contributed by atoms with Gasteiger partial charge in [0.1, 0.15) is 0 Å². The summed E-state index contributed by atoms with van der Waals surface area (Å²) in [5, 5.41) is 3.28. The Morgan fingerprint density at radius 2 is 2.14 bits per heavy atom. The molecular formula is C12H26N2. The number of nitrogens with one attached hydrogen (secondary N) is 1. The molecule has 2 nitrogen and oxygen atoms in total. The molecule has 1 fully saturated rings. The van der Waals surface area contributed by atoms with Gasteiger partial charge in [-0.1, -0.05) is 6.42 Å². The zero-order valence-electron chi connectivity index (χ0n) is 10.1. The Labute approximate surface area is 89.1 Å². The van der Waals surface area contributed by atoms with Crippen molar-refractivity contribution in [3.05, 3.63) is 0 Å². The molecule has 0 spiro atoms. The summed E-state index contributed by atoms with van der Waals surface area (Å²) in [6.45, 7) is 4.85. The second-order valence-corrected chi connectivity index (χ2v) is 4.89. The van der Waals surface area contributed by atoms with E-state index in [4.69, 9.17) is 0 Å². The van der Waals surface area contributed by atoms with Gasteiger partial charge in [0, 0.05) is 12.6 Å². The van der Waals surface area contributed by atoms with E-state index in [1.807, 2.05) is 7.05 Å². The Kier molecular flexibility index (Phi) is 5.49. The van der Waals surface area contributed by atoms with Crippen LogP contribution in [0.25, 0.3) is 0 Å². The van der Waals surface area contributed by atoms with Gasteiger partial charge in [-0.15, -0.1) is 0 Å². The minimum atomic E-state index is 0.673. The van der Waals surface area contributed by atoms with Crippen LogP contribution in [0.5, 0.6) is 0 Å². The Hall–Kier alpha value is -0.0800. The molecule has 1 unspecified atom stereocenters. The summed E-state index contributed by atoms with van der Waals surface area (Å²) >= 11 is 0. The number of hydrogen-bond acceptors (Lipinski definition) is 2. The van der Waals surface area contributed by atoms with Crippen LogP contribution in [-0.4, -0.2) is 38.1 Å². The number of nitrogens with zero attached hydrogens (tertiary/aromatic N) is 1. The van der Waals surface area contributed by atoms with Gasteiger partial charge in [0.2, 0.25) is 0 Å². The van der Waals surface area contributed by atoms with Crippen LogP contribution in [0.1, 0.15) is 39.0 Å². The number of hydrogen-bond donors (Lipinski definition) is 1. The predicted molar refractivity (Wildman–Crippen MR) is 62.6 cm³/mol. The maximum Gasteiger partial charge on any atom is 0.00362 e. The maximum absolute atomic E-state index is 3.28. The summed E-state index contributed by atoms with van der Waals surface area (Å²) in [7, 11) is 4.31. The van der Waals surface area contributed by atoms with Crippen LogP contribution >= 0.6 is 0 Å². The van der Waals surface area contributed by atoms with Gasteiger partial charge < -0.3 is 10.2 Å². The molecule has 0 saturated heterocycles. The highest BCUT2D eigenvalue weighted by molar-refractivity contribution is 4.72. The molecule has 0 radical (unpaired) electrons. The van der Waals surface area contributed by atoms with Gasteiger partial charge in [-0.3, -0.25) is 0 Å². The van der Waals surface area contributed by atoms with Crippen molar-refractivity contribution in [1.82, 2.24) is 10.2 Å². The average Bonchev–Trinajstić information content (AvgIpc) is 2.11. The van der Waals surface area contributed by atoms with Crippen molar-refractivity contribution >= 4 is 0 Å². The average molecular weight is 198 g/mol. The normalized spacial score (nSPS) is 19.7. The molecule has 1 saturated carbocycles. The largest absolute Gasteiger partial charge is 0.317 e. The fraction of sp³-hybridized carbons (Fsp3) is 1.00. The van der Waals surface area contributed by atoms with Gasteiger partial charge in [0.15, 0.2) is 0 Å². The number of rotatable bonds is 7. The van der Waals surface area contributed by atoms with E-state index in [0.29, 0.717) is 6.04 Å². The molecule has 2 heteroatoms. The molecule has 1 rings (SSSR count). The third-order valence-corrected chi connectivity index (χ3v) is 3.46. The smallest absolute Gasteiger partial charge is 0.00362 e. The highest BCUT2D eigenvalue weighted by Crippen LogP contribution is 2.26. The van der Waals surface area contributed by atoms with Gasteiger partial charge in [-0.2, -0.15) is 0 Å². The van der Waals surface area contributed by atoms with Crippen molar-refractivity contribution in [3.8, 4) is 0 Å². The van der Waals surface area contributed by atoms with E-state index in [1.165, 1.54) is 45.2 Å². The van der Waals surface area contributed by atoms with Gasteiger partial charge >= 0.3 is 0 Å². The van der Waals surface area contributed by atoms with Gasteiger partial charge in [-0.25, -0.2) is 0 Å². The van der Waals surface area contributed by atoms with E-state index in [9.17, 15) is 0 Å². The molecule has 0 aromatic rings. The minimum Gasteiger partial charge on any atom is -0.317 e. The highest BCUT2D eigenvalue weighted by Gasteiger charge is 2.18. The zero-order valence-corrected chi connectivity index (χ0v) is 10.1. The first-order chi connectivity index (χ1) is 6.72. The van der Waals surface area contributed by atoms with E-state index < -0.39 is 0 Å². The highest BCUT2D eigenvalue weighted by atomic mass is 15.1. The molecule has 1 aliphatic rings. The van der Waals surface area contributed by atoms with Gasteiger partial charge in [0.25, 0.3) is 0 Å². The van der Waals surface area contributed by atoms with Crippen LogP contribution in [0.4, 0.5) is 0 Å². The van der Waals surface area contributed by atoms with E-state index >= 15 is 0 Å². The first-order valence-corrected chi connectivity index (χ1v) is 6.08. The lowest BCUT2D eigenvalue weighted by atomic mass is 9.85. The molecule has 0 heterocycles. The van der Waals surface area contributed by atoms with Crippen LogP contribution in [-0.2, 0) is 0 Å². The molecule has 1 atom stereocenters. The second-order valence-electron chi connectivity index (χ2n) is 4.89. The molecule has 0 amide bonds. The summed E-state index contributed by atoms with van der Waals surface area (Å²) in [5.74, 6) is 1.02. The third-order valence-electron chi connectivity index (χ3n) is 3.46. The van der Waals surface area contributed by atoms with E-state index in [2.05, 4.69) is 24.2 Å². The molecule has 0 aromatic heterocycles. The lowest BCUT2D eigenvalue weighted by molar-refractivity contribution is 0.202. The third kappa shape index (κ3) is 4.43. The van der Waals surface area contributed by atoms with Crippen LogP contribution in [0, 0.1) is 5.92 Å². The summed E-state index contributed by atoms with van der Waals surface area (Å²) in [6, 6.07) is 0.673. The molecule has 1 aliphatic carbocycles. The van der Waals surface area contributed by atoms with Crippen LogP contribution in [0.2, 0.25) is 0 Å². The summed E-state index contributed by atoms with van der Waals surface area (Å²) < 4.78 is 0. The lowest BCUT2D eigenvalue weighted by Gasteiger charge is -2.30. The van der Waals surface area contributed by atoms with Crippen molar-refractivity contribution in [2.24, 2.45) is 5.92 Å². The first-order valence-electron chi connectivity index (χ1n) is 6.08. The molecule has 14 heavy (non-hydrogen) atoms. The summed E-state index contributed by atoms with van der Waals surface area (Å²) in [5.41, 5.74) is 0. The van der Waals surface area contributed by atoms with E-state index in [-0.39, 0.29) is 0 Å². The van der Waals surface area contributed by atoms with Crippen LogP contribution in [0.15, 0.2) is 0 Å². The van der Waals surface area contributed by atoms with Crippen molar-refractivity contribution in [2.45, 2.75) is 45.1 Å². The van der Waals surface area contributed by atoms with Crippen molar-refractivity contribution < 1.29 is 0 Å². The second kappa shape index (κ2) is 6.41. The Bertz CT molecular complexity index is 143. The van der Waals surface area contributed by atoms with Crippen molar-refractivity contribution in [2.75, 3.05) is 27.2 Å². The molecule has 1 N–H and O–H groups in total. The molecule has 0 aromatic carbocycles. The maximum atomic E-state index is 3.28. The predicted octanol–water partition coefficient (Wildman–Crippen LogP) is 2.11. The Morgan fingerprint density at radius 3 is 2.64 bits per heavy atom. The topological polar surface area (TPSA) is 15.3 Å². The zero-order chi connectivity index (χ0) is 10.4. The molecule has 84 valence electrons. The Balaban J connectivity index is 1.94. The minimum absolute atomic E-state index is 0.673. The summed E-state index contributed by atoms with van der Waals surface area (Å²) in [4.78, 5) is 2.51. The SMILES string of the molecule is CNC(C)CCCN(C)CC1CCC1. The Morgan fingerprint density at radius 1 is 1.43 bits per heavy atom. The fourth-order valence-electron chi connectivity index (χ4n) is 2.02. The lowest BCUT2D eigenvalue weighted by Crippen LogP contribution is -2.31. The van der Waals surface area contributed by atoms with Gasteiger partial charge in [0.05, 0.1) is 0 Å². The fourth-order valence-corrected chi connectivity index (χ4v) is 2.02. The van der Waals surface area contributed by atoms with Crippen LogP contribution < -0.4 is 5.32 Å². The van der Waals surface area contributed by atoms with E-state index in [0.717, 1.165) is 5.92 Å². The van der Waals surface area contributed by atoms with Crippen molar-refractivity contribution in [1.29, 1.82) is 0 Å². The summed E-state index contributed by atoms with van der Waals surface area (Å²) in [6.07, 6.45) is 7.03. The van der Waals surface area contributed by atoms with Crippen LogP contribution in [0.3, 0.4) is 0 Å². The monoisotopic (exact) mass is 198 g/mol. The first kappa shape index (κ1) is 12.0.